The minimum Gasteiger partial charge on any atom is -0.507 e. The van der Waals surface area contributed by atoms with E-state index < -0.39 is 11.6 Å². The van der Waals surface area contributed by atoms with Gasteiger partial charge in [-0.2, -0.15) is 4.98 Å². The molecule has 0 bridgehead atoms. The van der Waals surface area contributed by atoms with Gasteiger partial charge in [-0.1, -0.05) is 5.16 Å². The van der Waals surface area contributed by atoms with Gasteiger partial charge in [-0.3, -0.25) is 0 Å². The second-order valence-corrected chi connectivity index (χ2v) is 5.38. The Morgan fingerprint density at radius 2 is 1.76 bits per heavy atom. The molecule has 4 nitrogen and oxygen atoms in total. The Hall–Kier alpha value is -2.03. The lowest BCUT2D eigenvalue weighted by molar-refractivity contribution is 0.431. The Kier molecular flexibility index (Phi) is 3.58. The summed E-state index contributed by atoms with van der Waals surface area (Å²) in [6.45, 7) is 0. The largest absolute Gasteiger partial charge is 0.507 e. The summed E-state index contributed by atoms with van der Waals surface area (Å²) in [6.07, 6.45) is 0. The van der Waals surface area contributed by atoms with Crippen LogP contribution in [0.2, 0.25) is 0 Å². The smallest absolute Gasteiger partial charge is 0.258 e. The SMILES string of the molecule is Oc1cc(-c2nc(-c3ccc(F)c(F)c3)no2)ccc1I. The van der Waals surface area contributed by atoms with Gasteiger partial charge in [-0.05, 0) is 59.0 Å². The molecule has 3 rings (SSSR count). The highest BCUT2D eigenvalue weighted by molar-refractivity contribution is 14.1. The van der Waals surface area contributed by atoms with Crippen LogP contribution >= 0.6 is 22.6 Å². The van der Waals surface area contributed by atoms with Crippen molar-refractivity contribution in [3.8, 4) is 28.6 Å². The Balaban J connectivity index is 1.99. The van der Waals surface area contributed by atoms with E-state index in [0.717, 1.165) is 12.1 Å². The Bertz CT molecular complexity index is 754. The van der Waals surface area contributed by atoms with Gasteiger partial charge in [-0.25, -0.2) is 8.78 Å². The lowest BCUT2D eigenvalue weighted by Gasteiger charge is -1.98. The van der Waals surface area contributed by atoms with Crippen molar-refractivity contribution >= 4 is 22.6 Å². The van der Waals surface area contributed by atoms with Crippen LogP contribution < -0.4 is 0 Å². The van der Waals surface area contributed by atoms with E-state index in [0.29, 0.717) is 14.7 Å². The molecule has 0 amide bonds. The molecule has 0 saturated heterocycles. The van der Waals surface area contributed by atoms with Gasteiger partial charge in [0.05, 0.1) is 3.57 Å². The maximum atomic E-state index is 13.2. The van der Waals surface area contributed by atoms with E-state index >= 15 is 0 Å². The first kappa shape index (κ1) is 13.9. The van der Waals surface area contributed by atoms with Gasteiger partial charge in [0.15, 0.2) is 11.6 Å². The molecule has 1 N–H and O–H groups in total. The van der Waals surface area contributed by atoms with Crippen LogP contribution in [0.4, 0.5) is 8.78 Å². The molecule has 0 aliphatic rings. The summed E-state index contributed by atoms with van der Waals surface area (Å²) in [7, 11) is 0. The van der Waals surface area contributed by atoms with E-state index in [1.165, 1.54) is 12.1 Å². The minimum absolute atomic E-state index is 0.0978. The van der Waals surface area contributed by atoms with Crippen molar-refractivity contribution in [1.29, 1.82) is 0 Å². The van der Waals surface area contributed by atoms with Crippen LogP contribution in [0.5, 0.6) is 5.75 Å². The van der Waals surface area contributed by atoms with Gasteiger partial charge in [0.2, 0.25) is 5.82 Å². The van der Waals surface area contributed by atoms with Crippen LogP contribution in [0.3, 0.4) is 0 Å². The maximum absolute atomic E-state index is 13.2. The van der Waals surface area contributed by atoms with Gasteiger partial charge in [0, 0.05) is 11.1 Å². The van der Waals surface area contributed by atoms with E-state index in [1.807, 2.05) is 22.6 Å². The summed E-state index contributed by atoms with van der Waals surface area (Å²) in [5.41, 5.74) is 0.841. The van der Waals surface area contributed by atoms with Crippen LogP contribution in [-0.4, -0.2) is 15.2 Å². The van der Waals surface area contributed by atoms with Crippen LogP contribution in [-0.2, 0) is 0 Å². The van der Waals surface area contributed by atoms with Crippen molar-refractivity contribution in [3.63, 3.8) is 0 Å². The van der Waals surface area contributed by atoms with Crippen LogP contribution in [0.15, 0.2) is 40.9 Å². The Morgan fingerprint density at radius 1 is 1.00 bits per heavy atom. The molecule has 1 heterocycles. The van der Waals surface area contributed by atoms with E-state index in [4.69, 9.17) is 4.52 Å². The van der Waals surface area contributed by atoms with Crippen molar-refractivity contribution in [1.82, 2.24) is 10.1 Å². The fourth-order valence-corrected chi connectivity index (χ4v) is 2.07. The standard InChI is InChI=1S/C14H7F2IN2O2/c15-9-3-1-7(5-10(9)16)13-18-14(21-19-13)8-2-4-11(17)12(20)6-8/h1-6,20H. The fraction of sp³-hybridized carbons (Fsp3) is 0. The number of phenolic OH excluding ortho intramolecular Hbond substituents is 1. The zero-order valence-electron chi connectivity index (χ0n) is 10.3. The summed E-state index contributed by atoms with van der Waals surface area (Å²) >= 11 is 1.99. The van der Waals surface area contributed by atoms with Crippen molar-refractivity contribution in [2.75, 3.05) is 0 Å². The number of hydrogen-bond donors (Lipinski definition) is 1. The second-order valence-electron chi connectivity index (χ2n) is 4.22. The van der Waals surface area contributed by atoms with E-state index in [-0.39, 0.29) is 17.5 Å². The monoisotopic (exact) mass is 400 g/mol. The molecule has 1 aromatic heterocycles. The zero-order valence-corrected chi connectivity index (χ0v) is 12.5. The lowest BCUT2D eigenvalue weighted by atomic mass is 10.2. The number of rotatable bonds is 2. The van der Waals surface area contributed by atoms with E-state index in [9.17, 15) is 13.9 Å². The zero-order chi connectivity index (χ0) is 15.0. The van der Waals surface area contributed by atoms with Crippen molar-refractivity contribution in [3.05, 3.63) is 51.6 Å². The molecule has 0 unspecified atom stereocenters. The molecule has 7 heteroatoms. The average molecular weight is 400 g/mol. The van der Waals surface area contributed by atoms with Crippen LogP contribution in [0.1, 0.15) is 0 Å². The van der Waals surface area contributed by atoms with Gasteiger partial charge in [-0.15, -0.1) is 0 Å². The van der Waals surface area contributed by atoms with Gasteiger partial charge in [0.25, 0.3) is 5.89 Å². The predicted octanol–water partition coefficient (Wildman–Crippen LogP) is 3.99. The average Bonchev–Trinajstić information content (AvgIpc) is 2.94. The first-order chi connectivity index (χ1) is 10.0. The normalized spacial score (nSPS) is 10.8. The third-order valence-electron chi connectivity index (χ3n) is 2.80. The molecule has 106 valence electrons. The number of benzene rings is 2. The van der Waals surface area contributed by atoms with E-state index in [2.05, 4.69) is 10.1 Å². The molecule has 0 fully saturated rings. The van der Waals surface area contributed by atoms with E-state index in [1.54, 1.807) is 12.1 Å². The molecular formula is C14H7F2IN2O2. The Labute approximate surface area is 131 Å². The second kappa shape index (κ2) is 5.40. The molecule has 0 atom stereocenters. The number of hydrogen-bond acceptors (Lipinski definition) is 4. The summed E-state index contributed by atoms with van der Waals surface area (Å²) in [4.78, 5) is 4.11. The third kappa shape index (κ3) is 2.73. The fourth-order valence-electron chi connectivity index (χ4n) is 1.74. The van der Waals surface area contributed by atoms with Crippen LogP contribution in [0.25, 0.3) is 22.8 Å². The highest BCUT2D eigenvalue weighted by Crippen LogP contribution is 2.28. The molecule has 0 aliphatic carbocycles. The molecule has 21 heavy (non-hydrogen) atoms. The van der Waals surface area contributed by atoms with Crippen molar-refractivity contribution < 1.29 is 18.4 Å². The molecule has 2 aromatic carbocycles. The number of aromatic nitrogens is 2. The molecule has 3 aromatic rings. The number of nitrogens with zero attached hydrogens (tertiary/aromatic N) is 2. The Morgan fingerprint density at radius 3 is 2.48 bits per heavy atom. The van der Waals surface area contributed by atoms with Crippen molar-refractivity contribution in [2.45, 2.75) is 0 Å². The minimum atomic E-state index is -0.981. The highest BCUT2D eigenvalue weighted by atomic mass is 127. The number of halogens is 3. The topological polar surface area (TPSA) is 59.2 Å². The maximum Gasteiger partial charge on any atom is 0.258 e. The number of aromatic hydroxyl groups is 1. The molecule has 0 aliphatic heterocycles. The number of phenols is 1. The third-order valence-corrected chi connectivity index (χ3v) is 3.71. The van der Waals surface area contributed by atoms with Gasteiger partial charge >= 0.3 is 0 Å². The molecule has 0 spiro atoms. The summed E-state index contributed by atoms with van der Waals surface area (Å²) in [5.74, 6) is -1.50. The summed E-state index contributed by atoms with van der Waals surface area (Å²) in [5, 5.41) is 13.4. The lowest BCUT2D eigenvalue weighted by Crippen LogP contribution is -1.87. The summed E-state index contributed by atoms with van der Waals surface area (Å²) < 4.78 is 31.9. The first-order valence-corrected chi connectivity index (χ1v) is 6.90. The van der Waals surface area contributed by atoms with Crippen molar-refractivity contribution in [2.24, 2.45) is 0 Å². The van der Waals surface area contributed by atoms with Gasteiger partial charge < -0.3 is 9.63 Å². The van der Waals surface area contributed by atoms with Gasteiger partial charge in [0.1, 0.15) is 5.75 Å². The predicted molar refractivity (Wildman–Crippen MR) is 79.5 cm³/mol. The summed E-state index contributed by atoms with van der Waals surface area (Å²) in [6, 6.07) is 8.26. The highest BCUT2D eigenvalue weighted by Gasteiger charge is 2.13. The quantitative estimate of drug-likeness (QED) is 0.661. The molecule has 0 radical (unpaired) electrons. The molecule has 0 saturated carbocycles. The van der Waals surface area contributed by atoms with Crippen LogP contribution in [0, 0.1) is 15.2 Å². The molecular weight excluding hydrogens is 393 g/mol. The first-order valence-electron chi connectivity index (χ1n) is 5.82.